The summed E-state index contributed by atoms with van der Waals surface area (Å²) in [5.74, 6) is -1.04. The summed E-state index contributed by atoms with van der Waals surface area (Å²) in [6.07, 6.45) is -4.87. The van der Waals surface area contributed by atoms with Gasteiger partial charge in [-0.05, 0) is 13.0 Å². The van der Waals surface area contributed by atoms with Crippen molar-refractivity contribution < 1.29 is 22.9 Å². The lowest BCUT2D eigenvalue weighted by Gasteiger charge is -2.11. The van der Waals surface area contributed by atoms with Gasteiger partial charge in [-0.15, -0.1) is 0 Å². The predicted octanol–water partition coefficient (Wildman–Crippen LogP) is 2.40. The van der Waals surface area contributed by atoms with Crippen molar-refractivity contribution in [2.24, 2.45) is 0 Å². The first-order valence-corrected chi connectivity index (χ1v) is 4.30. The summed E-state index contributed by atoms with van der Waals surface area (Å²) in [5.41, 5.74) is 1.42. The van der Waals surface area contributed by atoms with Crippen molar-refractivity contribution in [1.82, 2.24) is 0 Å². The highest BCUT2D eigenvalue weighted by Gasteiger charge is 2.38. The number of ketones is 1. The summed E-state index contributed by atoms with van der Waals surface area (Å²) in [7, 11) is 0. The number of rotatable bonds is 2. The van der Waals surface area contributed by atoms with Gasteiger partial charge in [-0.25, -0.2) is 0 Å². The molecule has 8 heteroatoms. The van der Waals surface area contributed by atoms with Gasteiger partial charge in [-0.3, -0.25) is 14.9 Å². The number of Topliss-reactive ketones (excluding diaryl/α,β-unsaturated/α-hetero) is 1. The van der Waals surface area contributed by atoms with E-state index in [4.69, 9.17) is 5.73 Å². The number of carbonyl (C=O) groups excluding carboxylic acids is 1. The predicted molar refractivity (Wildman–Crippen MR) is 52.5 cm³/mol. The van der Waals surface area contributed by atoms with Crippen molar-refractivity contribution in [3.8, 4) is 0 Å². The van der Waals surface area contributed by atoms with E-state index < -0.39 is 39.4 Å². The molecular weight excluding hydrogens is 241 g/mol. The standard InChI is InChI=1S/C9H7F3N2O3/c1-4(15)8-6(9(10,11)12)2-5(13)3-7(8)14(16)17/h2-3H,13H2,1H3. The van der Waals surface area contributed by atoms with Crippen LogP contribution in [0.25, 0.3) is 0 Å². The molecule has 1 aromatic rings. The van der Waals surface area contributed by atoms with Crippen molar-refractivity contribution >= 4 is 17.2 Å². The van der Waals surface area contributed by atoms with Gasteiger partial charge in [-0.2, -0.15) is 13.2 Å². The van der Waals surface area contributed by atoms with Crippen LogP contribution in [-0.4, -0.2) is 10.7 Å². The van der Waals surface area contributed by atoms with Gasteiger partial charge in [0.15, 0.2) is 5.78 Å². The Balaban J connectivity index is 3.70. The fourth-order valence-electron chi connectivity index (χ4n) is 1.39. The Bertz CT molecular complexity index is 497. The third-order valence-electron chi connectivity index (χ3n) is 1.99. The maximum absolute atomic E-state index is 12.6. The lowest BCUT2D eigenvalue weighted by molar-refractivity contribution is -0.385. The highest BCUT2D eigenvalue weighted by molar-refractivity contribution is 6.00. The monoisotopic (exact) mass is 248 g/mol. The van der Waals surface area contributed by atoms with Crippen LogP contribution in [0, 0.1) is 10.1 Å². The Hall–Kier alpha value is -2.12. The number of carbonyl (C=O) groups is 1. The van der Waals surface area contributed by atoms with E-state index in [0.717, 1.165) is 13.0 Å². The molecule has 0 atom stereocenters. The van der Waals surface area contributed by atoms with Crippen LogP contribution in [-0.2, 0) is 6.18 Å². The number of nitro benzene ring substituents is 1. The van der Waals surface area contributed by atoms with Crippen LogP contribution >= 0.6 is 0 Å². The average Bonchev–Trinajstić information content (AvgIpc) is 2.14. The molecule has 0 radical (unpaired) electrons. The molecule has 1 rings (SSSR count). The number of alkyl halides is 3. The number of anilines is 1. The lowest BCUT2D eigenvalue weighted by Crippen LogP contribution is -2.14. The summed E-state index contributed by atoms with van der Waals surface area (Å²) in [5, 5.41) is 10.6. The molecule has 0 amide bonds. The molecule has 2 N–H and O–H groups in total. The Morgan fingerprint density at radius 2 is 1.94 bits per heavy atom. The Kier molecular flexibility index (Phi) is 3.08. The molecule has 0 aromatic heterocycles. The molecule has 17 heavy (non-hydrogen) atoms. The topological polar surface area (TPSA) is 86.2 Å². The van der Waals surface area contributed by atoms with E-state index >= 15 is 0 Å². The third kappa shape index (κ3) is 2.52. The van der Waals surface area contributed by atoms with Crippen molar-refractivity contribution in [2.75, 3.05) is 5.73 Å². The molecule has 0 bridgehead atoms. The summed E-state index contributed by atoms with van der Waals surface area (Å²) in [4.78, 5) is 20.6. The second-order valence-electron chi connectivity index (χ2n) is 3.27. The normalized spacial score (nSPS) is 11.3. The average molecular weight is 248 g/mol. The minimum atomic E-state index is -4.87. The largest absolute Gasteiger partial charge is 0.417 e. The minimum absolute atomic E-state index is 0.422. The quantitative estimate of drug-likeness (QED) is 0.377. The Labute approximate surface area is 93.2 Å². The van der Waals surface area contributed by atoms with Gasteiger partial charge in [0.25, 0.3) is 5.69 Å². The van der Waals surface area contributed by atoms with Gasteiger partial charge >= 0.3 is 6.18 Å². The summed E-state index contributed by atoms with van der Waals surface area (Å²) >= 11 is 0. The summed E-state index contributed by atoms with van der Waals surface area (Å²) < 4.78 is 37.8. The second kappa shape index (κ2) is 4.04. The first-order valence-electron chi connectivity index (χ1n) is 4.30. The van der Waals surface area contributed by atoms with Gasteiger partial charge in [0, 0.05) is 11.8 Å². The molecule has 0 spiro atoms. The van der Waals surface area contributed by atoms with Crippen LogP contribution in [0.15, 0.2) is 12.1 Å². The zero-order chi connectivity index (χ0) is 13.4. The number of hydrogen-bond acceptors (Lipinski definition) is 4. The maximum atomic E-state index is 12.6. The number of nitrogens with zero attached hydrogens (tertiary/aromatic N) is 1. The molecule has 1 aromatic carbocycles. The molecule has 0 heterocycles. The molecule has 5 nitrogen and oxygen atoms in total. The second-order valence-corrected chi connectivity index (χ2v) is 3.27. The van der Waals surface area contributed by atoms with Gasteiger partial charge in [0.05, 0.1) is 10.5 Å². The van der Waals surface area contributed by atoms with Crippen LogP contribution in [0.1, 0.15) is 22.8 Å². The van der Waals surface area contributed by atoms with E-state index in [1.165, 1.54) is 0 Å². The van der Waals surface area contributed by atoms with Crippen molar-refractivity contribution in [3.63, 3.8) is 0 Å². The third-order valence-corrected chi connectivity index (χ3v) is 1.99. The first-order chi connectivity index (χ1) is 7.64. The number of nitro groups is 1. The Morgan fingerprint density at radius 3 is 2.29 bits per heavy atom. The van der Waals surface area contributed by atoms with E-state index in [2.05, 4.69) is 0 Å². The van der Waals surface area contributed by atoms with E-state index in [9.17, 15) is 28.1 Å². The maximum Gasteiger partial charge on any atom is 0.417 e. The zero-order valence-electron chi connectivity index (χ0n) is 8.54. The van der Waals surface area contributed by atoms with Gasteiger partial charge < -0.3 is 5.73 Å². The lowest BCUT2D eigenvalue weighted by atomic mass is 10.0. The molecule has 92 valence electrons. The fraction of sp³-hybridized carbons (Fsp3) is 0.222. The van der Waals surface area contributed by atoms with Crippen LogP contribution in [0.5, 0.6) is 0 Å². The number of hydrogen-bond donors (Lipinski definition) is 1. The van der Waals surface area contributed by atoms with Crippen LogP contribution in [0.2, 0.25) is 0 Å². The number of nitrogens with two attached hydrogens (primary N) is 1. The number of nitrogen functional groups attached to an aromatic ring is 1. The SMILES string of the molecule is CC(=O)c1c([N+](=O)[O-])cc(N)cc1C(F)(F)F. The van der Waals surface area contributed by atoms with Crippen LogP contribution in [0.3, 0.4) is 0 Å². The highest BCUT2D eigenvalue weighted by Crippen LogP contribution is 2.37. The van der Waals surface area contributed by atoms with Crippen molar-refractivity contribution in [3.05, 3.63) is 33.4 Å². The molecule has 0 saturated heterocycles. The van der Waals surface area contributed by atoms with Crippen molar-refractivity contribution in [2.45, 2.75) is 13.1 Å². The highest BCUT2D eigenvalue weighted by atomic mass is 19.4. The summed E-state index contributed by atoms with van der Waals surface area (Å²) in [6.45, 7) is 0.827. The first kappa shape index (κ1) is 12.9. The smallest absolute Gasteiger partial charge is 0.399 e. The van der Waals surface area contributed by atoms with E-state index in [0.29, 0.717) is 6.07 Å². The molecule has 0 fully saturated rings. The van der Waals surface area contributed by atoms with Gasteiger partial charge in [-0.1, -0.05) is 0 Å². The van der Waals surface area contributed by atoms with Gasteiger partial charge in [0.1, 0.15) is 5.56 Å². The molecule has 0 aliphatic rings. The summed E-state index contributed by atoms with van der Waals surface area (Å²) in [6, 6.07) is 1.23. The molecular formula is C9H7F3N2O3. The molecule has 0 saturated carbocycles. The zero-order valence-corrected chi connectivity index (χ0v) is 8.54. The molecule has 0 unspecified atom stereocenters. The minimum Gasteiger partial charge on any atom is -0.399 e. The fourth-order valence-corrected chi connectivity index (χ4v) is 1.39. The number of benzene rings is 1. The van der Waals surface area contributed by atoms with Crippen LogP contribution in [0.4, 0.5) is 24.5 Å². The van der Waals surface area contributed by atoms with E-state index in [1.54, 1.807) is 0 Å². The van der Waals surface area contributed by atoms with E-state index in [-0.39, 0.29) is 0 Å². The van der Waals surface area contributed by atoms with E-state index in [1.807, 2.05) is 0 Å². The van der Waals surface area contributed by atoms with Crippen LogP contribution < -0.4 is 5.73 Å². The van der Waals surface area contributed by atoms with Gasteiger partial charge in [0.2, 0.25) is 0 Å². The molecule has 0 aliphatic carbocycles. The number of halogens is 3. The Morgan fingerprint density at radius 1 is 1.41 bits per heavy atom. The van der Waals surface area contributed by atoms with Crippen molar-refractivity contribution in [1.29, 1.82) is 0 Å². The molecule has 0 aliphatic heterocycles.